The summed E-state index contributed by atoms with van der Waals surface area (Å²) >= 11 is 0. The van der Waals surface area contributed by atoms with Crippen LogP contribution in [-0.4, -0.2) is 75.6 Å². The number of amides is 1. The molecular weight excluding hydrogens is 418 g/mol. The molecule has 2 saturated heterocycles. The van der Waals surface area contributed by atoms with E-state index in [0.717, 1.165) is 5.56 Å². The molecule has 0 aromatic heterocycles. The molecule has 0 unspecified atom stereocenters. The van der Waals surface area contributed by atoms with E-state index in [9.17, 15) is 4.79 Å². The Kier molecular flexibility index (Phi) is 8.87. The summed E-state index contributed by atoms with van der Waals surface area (Å²) in [5, 5.41) is 2.82. The second-order valence-electron chi connectivity index (χ2n) is 8.86. The van der Waals surface area contributed by atoms with E-state index >= 15 is 0 Å². The van der Waals surface area contributed by atoms with Crippen LogP contribution in [0.2, 0.25) is 0 Å². The van der Waals surface area contributed by atoms with Gasteiger partial charge >= 0.3 is 6.09 Å². The normalized spacial score (nSPS) is 21.4. The largest absolute Gasteiger partial charge is 0.445 e. The van der Waals surface area contributed by atoms with Gasteiger partial charge in [0.15, 0.2) is 11.6 Å². The van der Waals surface area contributed by atoms with Crippen molar-refractivity contribution in [1.82, 2.24) is 5.32 Å². The van der Waals surface area contributed by atoms with E-state index in [1.165, 1.54) is 0 Å². The molecule has 0 spiro atoms. The zero-order valence-electron chi connectivity index (χ0n) is 19.3. The molecular formula is C23H35NO8. The van der Waals surface area contributed by atoms with Gasteiger partial charge in [-0.25, -0.2) is 4.79 Å². The lowest BCUT2D eigenvalue weighted by molar-refractivity contribution is -0.283. The fraction of sp³-hybridized carbons (Fsp3) is 0.696. The SMILES string of the molecule is CC1(C)OCC(OCC(COC2COC(C)(C)OC2)NC(=O)OCc2ccccc2)CO1. The Balaban J connectivity index is 1.47. The van der Waals surface area contributed by atoms with Crippen LogP contribution in [-0.2, 0) is 39.8 Å². The smallest absolute Gasteiger partial charge is 0.407 e. The van der Waals surface area contributed by atoms with E-state index < -0.39 is 23.7 Å². The van der Waals surface area contributed by atoms with Gasteiger partial charge in [-0.2, -0.15) is 0 Å². The molecule has 2 heterocycles. The first-order chi connectivity index (χ1) is 15.2. The van der Waals surface area contributed by atoms with Crippen molar-refractivity contribution in [2.45, 2.75) is 64.1 Å². The number of rotatable bonds is 9. The van der Waals surface area contributed by atoms with Crippen molar-refractivity contribution >= 4 is 6.09 Å². The minimum absolute atomic E-state index is 0.180. The van der Waals surface area contributed by atoms with Gasteiger partial charge in [0.05, 0.1) is 45.7 Å². The highest BCUT2D eigenvalue weighted by atomic mass is 16.7. The van der Waals surface area contributed by atoms with Crippen LogP contribution in [0.15, 0.2) is 30.3 Å². The van der Waals surface area contributed by atoms with Crippen molar-refractivity contribution in [3.05, 3.63) is 35.9 Å². The third-order valence-corrected chi connectivity index (χ3v) is 5.07. The van der Waals surface area contributed by atoms with Gasteiger partial charge < -0.3 is 38.5 Å². The van der Waals surface area contributed by atoms with Crippen molar-refractivity contribution < 1.29 is 38.0 Å². The zero-order chi connectivity index (χ0) is 23.0. The summed E-state index contributed by atoms with van der Waals surface area (Å²) in [5.74, 6) is -1.23. The summed E-state index contributed by atoms with van der Waals surface area (Å²) in [5.41, 5.74) is 0.907. The molecule has 2 aliphatic rings. The number of ether oxygens (including phenoxy) is 7. The Morgan fingerprint density at radius 1 is 0.906 bits per heavy atom. The van der Waals surface area contributed by atoms with Crippen LogP contribution < -0.4 is 5.32 Å². The molecule has 3 rings (SSSR count). The highest BCUT2D eigenvalue weighted by Crippen LogP contribution is 2.20. The number of hydrogen-bond donors (Lipinski definition) is 1. The molecule has 1 aromatic rings. The Morgan fingerprint density at radius 3 is 1.84 bits per heavy atom. The van der Waals surface area contributed by atoms with E-state index in [2.05, 4.69) is 5.32 Å². The van der Waals surface area contributed by atoms with Crippen LogP contribution in [0.4, 0.5) is 4.79 Å². The monoisotopic (exact) mass is 453 g/mol. The van der Waals surface area contributed by atoms with Gasteiger partial charge in [-0.3, -0.25) is 0 Å². The van der Waals surface area contributed by atoms with E-state index in [1.807, 2.05) is 58.0 Å². The summed E-state index contributed by atoms with van der Waals surface area (Å²) in [6.07, 6.45) is -0.995. The van der Waals surface area contributed by atoms with Gasteiger partial charge in [0, 0.05) is 0 Å². The lowest BCUT2D eigenvalue weighted by Crippen LogP contribution is -2.48. The molecule has 0 saturated carbocycles. The van der Waals surface area contributed by atoms with Crippen LogP contribution in [0.3, 0.4) is 0 Å². The zero-order valence-corrected chi connectivity index (χ0v) is 19.3. The fourth-order valence-corrected chi connectivity index (χ4v) is 3.11. The Morgan fingerprint density at radius 2 is 1.38 bits per heavy atom. The Labute approximate surface area is 189 Å². The van der Waals surface area contributed by atoms with Gasteiger partial charge in [0.1, 0.15) is 18.8 Å². The molecule has 0 atom stereocenters. The number of alkyl carbamates (subject to hydrolysis) is 1. The summed E-state index contributed by atoms with van der Waals surface area (Å²) in [7, 11) is 0. The van der Waals surface area contributed by atoms with Gasteiger partial charge in [0.25, 0.3) is 0 Å². The molecule has 180 valence electrons. The first-order valence-corrected chi connectivity index (χ1v) is 11.0. The summed E-state index contributed by atoms with van der Waals surface area (Å²) in [4.78, 5) is 12.4. The van der Waals surface area contributed by atoms with Gasteiger partial charge in [-0.1, -0.05) is 30.3 Å². The topological polar surface area (TPSA) is 93.7 Å². The third kappa shape index (κ3) is 8.65. The van der Waals surface area contributed by atoms with Gasteiger partial charge in [-0.15, -0.1) is 0 Å². The van der Waals surface area contributed by atoms with Crippen molar-refractivity contribution in [2.24, 2.45) is 0 Å². The Bertz CT molecular complexity index is 659. The average molecular weight is 454 g/mol. The quantitative estimate of drug-likeness (QED) is 0.610. The molecule has 0 radical (unpaired) electrons. The van der Waals surface area contributed by atoms with Gasteiger partial charge in [0.2, 0.25) is 0 Å². The number of carbonyl (C=O) groups is 1. The van der Waals surface area contributed by atoms with Crippen LogP contribution in [0, 0.1) is 0 Å². The van der Waals surface area contributed by atoms with Crippen LogP contribution in [0.5, 0.6) is 0 Å². The van der Waals surface area contributed by atoms with Crippen molar-refractivity contribution in [3.8, 4) is 0 Å². The number of hydrogen-bond acceptors (Lipinski definition) is 8. The predicted octanol–water partition coefficient (Wildman–Crippen LogP) is 2.62. The Hall–Kier alpha value is -1.75. The summed E-state index contributed by atoms with van der Waals surface area (Å²) in [6, 6.07) is 9.06. The highest BCUT2D eigenvalue weighted by Gasteiger charge is 2.31. The van der Waals surface area contributed by atoms with Crippen molar-refractivity contribution in [3.63, 3.8) is 0 Å². The molecule has 2 aliphatic heterocycles. The number of benzene rings is 1. The molecule has 9 nitrogen and oxygen atoms in total. The second kappa shape index (κ2) is 11.4. The minimum Gasteiger partial charge on any atom is -0.445 e. The number of carbonyl (C=O) groups excluding carboxylic acids is 1. The van der Waals surface area contributed by atoms with E-state index in [4.69, 9.17) is 33.2 Å². The van der Waals surface area contributed by atoms with Gasteiger partial charge in [-0.05, 0) is 33.3 Å². The first kappa shape index (κ1) is 24.9. The third-order valence-electron chi connectivity index (χ3n) is 5.07. The molecule has 1 aromatic carbocycles. The fourth-order valence-electron chi connectivity index (χ4n) is 3.11. The molecule has 1 N–H and O–H groups in total. The second-order valence-corrected chi connectivity index (χ2v) is 8.86. The minimum atomic E-state index is -0.614. The van der Waals surface area contributed by atoms with Crippen LogP contribution in [0.25, 0.3) is 0 Å². The maximum Gasteiger partial charge on any atom is 0.407 e. The van der Waals surface area contributed by atoms with E-state index in [0.29, 0.717) is 26.4 Å². The summed E-state index contributed by atoms with van der Waals surface area (Å²) < 4.78 is 39.7. The number of nitrogens with one attached hydrogen (secondary N) is 1. The van der Waals surface area contributed by atoms with Crippen LogP contribution >= 0.6 is 0 Å². The maximum absolute atomic E-state index is 12.4. The highest BCUT2D eigenvalue weighted by molar-refractivity contribution is 5.67. The standard InChI is InChI=1S/C23H35NO8/c1-22(2)29-13-19(14-30-22)26-11-18(12-27-20-15-31-23(3,4)32-16-20)24-21(25)28-10-17-8-6-5-7-9-17/h5-9,18-20H,10-16H2,1-4H3,(H,24,25). The van der Waals surface area contributed by atoms with Crippen LogP contribution in [0.1, 0.15) is 33.3 Å². The molecule has 2 fully saturated rings. The predicted molar refractivity (Wildman–Crippen MR) is 115 cm³/mol. The molecule has 0 aliphatic carbocycles. The van der Waals surface area contributed by atoms with E-state index in [-0.39, 0.29) is 32.0 Å². The lowest BCUT2D eigenvalue weighted by Gasteiger charge is -2.36. The lowest BCUT2D eigenvalue weighted by atomic mass is 10.2. The molecule has 9 heteroatoms. The first-order valence-electron chi connectivity index (χ1n) is 11.0. The van der Waals surface area contributed by atoms with Crippen molar-refractivity contribution in [1.29, 1.82) is 0 Å². The average Bonchev–Trinajstić information content (AvgIpc) is 2.76. The molecule has 0 bridgehead atoms. The van der Waals surface area contributed by atoms with Crippen molar-refractivity contribution in [2.75, 3.05) is 39.6 Å². The molecule has 1 amide bonds. The van der Waals surface area contributed by atoms with E-state index in [1.54, 1.807) is 0 Å². The maximum atomic E-state index is 12.4. The molecule has 32 heavy (non-hydrogen) atoms. The summed E-state index contributed by atoms with van der Waals surface area (Å²) in [6.45, 7) is 9.73.